The summed E-state index contributed by atoms with van der Waals surface area (Å²) in [5.74, 6) is -1.23. The van der Waals surface area contributed by atoms with Crippen LogP contribution in [0, 0.1) is 17.8 Å². The number of carbonyl (C=O) groups excluding carboxylic acids is 3. The molecule has 4 aliphatic heterocycles. The molecular weight excluding hydrogens is 528 g/mol. The van der Waals surface area contributed by atoms with Gasteiger partial charge in [0.25, 0.3) is 0 Å². The van der Waals surface area contributed by atoms with Gasteiger partial charge in [0.1, 0.15) is 6.04 Å². The first-order chi connectivity index (χ1) is 19.3. The molecule has 0 saturated carbocycles. The van der Waals surface area contributed by atoms with Gasteiger partial charge in [-0.15, -0.1) is 24.9 Å². The highest BCUT2D eigenvalue weighted by Gasteiger charge is 2.76. The summed E-state index contributed by atoms with van der Waals surface area (Å²) in [6.07, 6.45) is 5.62. The molecule has 1 spiro atoms. The molecule has 0 aromatic carbocycles. The average molecular weight is 577 g/mol. The standard InChI is InChI=1S/C30H48N4O5S/c1-6-10-32(11-7-2)27(36)24-23-19-21(5)30(40-23)25(24)28(37)34(22(9-4)20-35)26(30)29(38)33(12-8-3)14-13-31-15-17-39-18-16-31/h6,8,21-26,35H,1,3,7,9-20H2,2,4-5H3/t21?,22-,23+,24-,25-,26?,30?/m0/s1. The van der Waals surface area contributed by atoms with Crippen molar-refractivity contribution in [3.8, 4) is 0 Å². The summed E-state index contributed by atoms with van der Waals surface area (Å²) < 4.78 is 4.78. The van der Waals surface area contributed by atoms with E-state index in [-0.39, 0.29) is 35.5 Å². The molecule has 1 N–H and O–H groups in total. The number of aliphatic hydroxyl groups excluding tert-OH is 1. The van der Waals surface area contributed by atoms with Crippen LogP contribution in [-0.2, 0) is 19.1 Å². The van der Waals surface area contributed by atoms with Gasteiger partial charge in [0.2, 0.25) is 17.7 Å². The summed E-state index contributed by atoms with van der Waals surface area (Å²) in [6, 6.07) is -1.21. The molecule has 4 fully saturated rings. The Morgan fingerprint density at radius 3 is 2.38 bits per heavy atom. The fourth-order valence-electron chi connectivity index (χ4n) is 7.46. The van der Waals surface area contributed by atoms with Crippen molar-refractivity contribution in [2.24, 2.45) is 17.8 Å². The van der Waals surface area contributed by atoms with Crippen molar-refractivity contribution in [2.75, 3.05) is 65.6 Å². The van der Waals surface area contributed by atoms with Gasteiger partial charge in [-0.2, -0.15) is 0 Å². The monoisotopic (exact) mass is 576 g/mol. The first kappa shape index (κ1) is 31.1. The molecule has 3 unspecified atom stereocenters. The molecule has 3 amide bonds. The molecule has 2 bridgehead atoms. The van der Waals surface area contributed by atoms with E-state index in [9.17, 15) is 19.5 Å². The molecule has 0 aliphatic carbocycles. The number of hydrogen-bond donors (Lipinski definition) is 1. The van der Waals surface area contributed by atoms with Gasteiger partial charge in [0, 0.05) is 51.1 Å². The van der Waals surface area contributed by atoms with Crippen molar-refractivity contribution < 1.29 is 24.2 Å². The summed E-state index contributed by atoms with van der Waals surface area (Å²) in [5.41, 5.74) is 0. The number of ether oxygens (including phenoxy) is 1. The highest BCUT2D eigenvalue weighted by Crippen LogP contribution is 2.69. The number of fused-ring (bicyclic) bond motifs is 1. The SMILES string of the molecule is C=CCN(CCN1CCOCC1)C(=O)C1N([C@@H](CC)CO)C(=O)[C@@H]2[C@@H](C(=O)N(CC=C)CCC)[C@H]3CC(C)C12S3. The number of nitrogens with zero attached hydrogens (tertiary/aromatic N) is 4. The third-order valence-electron chi connectivity index (χ3n) is 9.38. The third kappa shape index (κ3) is 5.37. The van der Waals surface area contributed by atoms with E-state index < -0.39 is 28.7 Å². The van der Waals surface area contributed by atoms with E-state index in [2.05, 4.69) is 25.0 Å². The van der Waals surface area contributed by atoms with Crippen molar-refractivity contribution in [3.63, 3.8) is 0 Å². The Labute approximate surface area is 243 Å². The number of aliphatic hydroxyl groups is 1. The Hall–Kier alpha value is -1.88. The molecule has 9 nitrogen and oxygen atoms in total. The lowest BCUT2D eigenvalue weighted by molar-refractivity contribution is -0.147. The maximum atomic E-state index is 14.6. The van der Waals surface area contributed by atoms with E-state index in [1.165, 1.54) is 0 Å². The lowest BCUT2D eigenvalue weighted by Gasteiger charge is -2.42. The molecule has 4 rings (SSSR count). The number of amides is 3. The predicted octanol–water partition coefficient (Wildman–Crippen LogP) is 1.87. The average Bonchev–Trinajstić information content (AvgIpc) is 3.55. The van der Waals surface area contributed by atoms with Gasteiger partial charge in [-0.3, -0.25) is 19.3 Å². The lowest BCUT2D eigenvalue weighted by Crippen LogP contribution is -2.60. The molecule has 0 aromatic heterocycles. The van der Waals surface area contributed by atoms with E-state index in [0.717, 1.165) is 32.5 Å². The maximum Gasteiger partial charge on any atom is 0.247 e. The van der Waals surface area contributed by atoms with Crippen LogP contribution in [0.2, 0.25) is 0 Å². The highest BCUT2D eigenvalue weighted by molar-refractivity contribution is 8.02. The zero-order valence-corrected chi connectivity index (χ0v) is 25.3. The van der Waals surface area contributed by atoms with Gasteiger partial charge in [0.15, 0.2) is 0 Å². The van der Waals surface area contributed by atoms with Crippen LogP contribution in [0.15, 0.2) is 25.3 Å². The normalized spacial score (nSPS) is 32.1. The zero-order valence-electron chi connectivity index (χ0n) is 24.5. The number of carbonyl (C=O) groups is 3. The van der Waals surface area contributed by atoms with Crippen LogP contribution in [0.25, 0.3) is 0 Å². The predicted molar refractivity (Wildman–Crippen MR) is 158 cm³/mol. The molecule has 4 heterocycles. The first-order valence-corrected chi connectivity index (χ1v) is 15.9. The third-order valence-corrected chi connectivity index (χ3v) is 11.5. The minimum Gasteiger partial charge on any atom is -0.394 e. The topological polar surface area (TPSA) is 93.6 Å². The molecule has 40 heavy (non-hydrogen) atoms. The van der Waals surface area contributed by atoms with Crippen LogP contribution < -0.4 is 0 Å². The molecule has 7 atom stereocenters. The van der Waals surface area contributed by atoms with Crippen molar-refractivity contribution >= 4 is 29.5 Å². The Morgan fingerprint density at radius 1 is 1.15 bits per heavy atom. The number of likely N-dealkylation sites (tertiary alicyclic amines) is 1. The van der Waals surface area contributed by atoms with Gasteiger partial charge in [-0.1, -0.05) is 32.9 Å². The van der Waals surface area contributed by atoms with Crippen LogP contribution in [0.3, 0.4) is 0 Å². The number of rotatable bonds is 14. The molecule has 0 radical (unpaired) electrons. The van der Waals surface area contributed by atoms with Crippen LogP contribution in [-0.4, -0.2) is 130 Å². The number of hydrogen-bond acceptors (Lipinski definition) is 7. The minimum absolute atomic E-state index is 0.00604. The smallest absolute Gasteiger partial charge is 0.247 e. The molecule has 0 aromatic rings. The minimum atomic E-state index is -0.728. The molecular formula is C30H48N4O5S. The summed E-state index contributed by atoms with van der Waals surface area (Å²) >= 11 is 1.69. The van der Waals surface area contributed by atoms with Crippen molar-refractivity contribution in [3.05, 3.63) is 25.3 Å². The van der Waals surface area contributed by atoms with E-state index >= 15 is 0 Å². The fraction of sp³-hybridized carbons (Fsp3) is 0.767. The summed E-state index contributed by atoms with van der Waals surface area (Å²) in [7, 11) is 0. The summed E-state index contributed by atoms with van der Waals surface area (Å²) in [4.78, 5) is 50.7. The van der Waals surface area contributed by atoms with Crippen LogP contribution in [0.5, 0.6) is 0 Å². The largest absolute Gasteiger partial charge is 0.394 e. The highest BCUT2D eigenvalue weighted by atomic mass is 32.2. The van der Waals surface area contributed by atoms with Crippen LogP contribution >= 0.6 is 11.8 Å². The Kier molecular flexibility index (Phi) is 10.4. The van der Waals surface area contributed by atoms with Crippen molar-refractivity contribution in [2.45, 2.75) is 62.1 Å². The second-order valence-electron chi connectivity index (χ2n) is 11.6. The molecule has 10 heteroatoms. The van der Waals surface area contributed by atoms with Gasteiger partial charge < -0.3 is 24.5 Å². The summed E-state index contributed by atoms with van der Waals surface area (Å²) in [5, 5.41) is 10.4. The maximum absolute atomic E-state index is 14.6. The van der Waals surface area contributed by atoms with Gasteiger partial charge >= 0.3 is 0 Å². The second kappa shape index (κ2) is 13.4. The molecule has 4 saturated heterocycles. The fourth-order valence-corrected chi connectivity index (χ4v) is 9.86. The van der Waals surface area contributed by atoms with E-state index in [0.29, 0.717) is 45.8 Å². The zero-order chi connectivity index (χ0) is 29.0. The van der Waals surface area contributed by atoms with Crippen LogP contribution in [0.1, 0.15) is 40.0 Å². The van der Waals surface area contributed by atoms with E-state index in [4.69, 9.17) is 4.74 Å². The van der Waals surface area contributed by atoms with Gasteiger partial charge in [-0.05, 0) is 25.2 Å². The Balaban J connectivity index is 1.71. The number of thioether (sulfide) groups is 1. The quantitative estimate of drug-likeness (QED) is 0.316. The first-order valence-electron chi connectivity index (χ1n) is 15.0. The van der Waals surface area contributed by atoms with Gasteiger partial charge in [0.05, 0.1) is 42.4 Å². The van der Waals surface area contributed by atoms with Crippen LogP contribution in [0.4, 0.5) is 0 Å². The van der Waals surface area contributed by atoms with E-state index in [1.807, 2.05) is 23.6 Å². The van der Waals surface area contributed by atoms with Crippen molar-refractivity contribution in [1.29, 1.82) is 0 Å². The lowest BCUT2D eigenvalue weighted by atomic mass is 9.65. The Morgan fingerprint density at radius 2 is 1.80 bits per heavy atom. The molecule has 4 aliphatic rings. The van der Waals surface area contributed by atoms with Crippen molar-refractivity contribution in [1.82, 2.24) is 19.6 Å². The summed E-state index contributed by atoms with van der Waals surface area (Å²) in [6.45, 7) is 19.4. The second-order valence-corrected chi connectivity index (χ2v) is 13.2. The molecule has 224 valence electrons. The number of morpholine rings is 1. The van der Waals surface area contributed by atoms with Gasteiger partial charge in [-0.25, -0.2) is 0 Å². The van der Waals surface area contributed by atoms with E-state index in [1.54, 1.807) is 28.8 Å². The Bertz CT molecular complexity index is 954.